The van der Waals surface area contributed by atoms with E-state index in [0.717, 1.165) is 31.2 Å². The summed E-state index contributed by atoms with van der Waals surface area (Å²) in [7, 11) is -3.82. The number of hydrogen-bond acceptors (Lipinski definition) is 3. The van der Waals surface area contributed by atoms with E-state index in [0.29, 0.717) is 5.69 Å². The third-order valence-electron chi connectivity index (χ3n) is 4.66. The predicted molar refractivity (Wildman–Crippen MR) is 103 cm³/mol. The van der Waals surface area contributed by atoms with Gasteiger partial charge < -0.3 is 5.32 Å². The van der Waals surface area contributed by atoms with Crippen molar-refractivity contribution in [3.63, 3.8) is 0 Å². The van der Waals surface area contributed by atoms with Gasteiger partial charge in [-0.2, -0.15) is 0 Å². The smallest absolute Gasteiger partial charge is 0.264 e. The number of rotatable bonds is 6. The number of nitrogens with zero attached hydrogens (tertiary/aromatic N) is 1. The van der Waals surface area contributed by atoms with E-state index in [2.05, 4.69) is 5.32 Å². The number of amides is 1. The monoisotopic (exact) mass is 372 g/mol. The Morgan fingerprint density at radius 1 is 1.04 bits per heavy atom. The van der Waals surface area contributed by atoms with Crippen molar-refractivity contribution in [2.45, 2.75) is 43.5 Å². The second-order valence-electron chi connectivity index (χ2n) is 6.71. The molecule has 0 atom stereocenters. The Labute approximate surface area is 155 Å². The second kappa shape index (κ2) is 7.91. The largest absolute Gasteiger partial charge is 0.352 e. The van der Waals surface area contributed by atoms with E-state index < -0.39 is 10.0 Å². The molecule has 0 aliphatic heterocycles. The average Bonchev–Trinajstić information content (AvgIpc) is 3.14. The van der Waals surface area contributed by atoms with Gasteiger partial charge in [0.25, 0.3) is 10.0 Å². The highest BCUT2D eigenvalue weighted by atomic mass is 32.2. The number of nitrogens with one attached hydrogen (secondary N) is 1. The number of sulfonamides is 1. The maximum atomic E-state index is 13.1. The Morgan fingerprint density at radius 3 is 2.27 bits per heavy atom. The Kier molecular flexibility index (Phi) is 5.61. The van der Waals surface area contributed by atoms with Gasteiger partial charge in [-0.25, -0.2) is 8.42 Å². The zero-order chi connectivity index (χ0) is 18.6. The van der Waals surface area contributed by atoms with Gasteiger partial charge in [-0.15, -0.1) is 0 Å². The summed E-state index contributed by atoms with van der Waals surface area (Å²) in [6.07, 6.45) is 4.13. The molecule has 0 heterocycles. The van der Waals surface area contributed by atoms with E-state index in [1.807, 2.05) is 19.1 Å². The summed E-state index contributed by atoms with van der Waals surface area (Å²) in [5, 5.41) is 2.97. The van der Waals surface area contributed by atoms with Crippen LogP contribution in [0.25, 0.3) is 0 Å². The number of benzene rings is 2. The lowest BCUT2D eigenvalue weighted by Gasteiger charge is -2.25. The van der Waals surface area contributed by atoms with Gasteiger partial charge in [0.15, 0.2) is 0 Å². The summed E-state index contributed by atoms with van der Waals surface area (Å²) in [6, 6.07) is 15.5. The maximum Gasteiger partial charge on any atom is 0.264 e. The molecule has 5 nitrogen and oxygen atoms in total. The molecule has 138 valence electrons. The van der Waals surface area contributed by atoms with Crippen molar-refractivity contribution in [3.05, 3.63) is 60.2 Å². The fraction of sp³-hybridized carbons (Fsp3) is 0.350. The van der Waals surface area contributed by atoms with Crippen molar-refractivity contribution in [1.82, 2.24) is 5.32 Å². The number of aryl methyl sites for hydroxylation is 1. The average molecular weight is 372 g/mol. The van der Waals surface area contributed by atoms with Crippen molar-refractivity contribution in [3.8, 4) is 0 Å². The summed E-state index contributed by atoms with van der Waals surface area (Å²) in [5.41, 5.74) is 1.52. The standard InChI is InChI=1S/C20H24N2O3S/c1-16-11-13-18(14-12-16)22(15-20(23)21-17-7-5-6-8-17)26(24,25)19-9-3-2-4-10-19/h2-4,9-14,17H,5-8,15H2,1H3,(H,21,23). The third-order valence-corrected chi connectivity index (χ3v) is 6.45. The lowest BCUT2D eigenvalue weighted by atomic mass is 10.2. The summed E-state index contributed by atoms with van der Waals surface area (Å²) in [5.74, 6) is -0.267. The molecule has 1 aliphatic carbocycles. The number of carbonyl (C=O) groups excluding carboxylic acids is 1. The highest BCUT2D eigenvalue weighted by Gasteiger charge is 2.28. The van der Waals surface area contributed by atoms with Crippen molar-refractivity contribution in [1.29, 1.82) is 0 Å². The van der Waals surface area contributed by atoms with Crippen LogP contribution in [0.15, 0.2) is 59.5 Å². The van der Waals surface area contributed by atoms with Gasteiger partial charge in [0.1, 0.15) is 6.54 Å². The van der Waals surface area contributed by atoms with Crippen LogP contribution in [0.2, 0.25) is 0 Å². The first-order chi connectivity index (χ1) is 12.5. The molecule has 1 aliphatic rings. The Balaban J connectivity index is 1.89. The van der Waals surface area contributed by atoms with Crippen LogP contribution < -0.4 is 9.62 Å². The van der Waals surface area contributed by atoms with Gasteiger partial charge in [-0.05, 0) is 44.0 Å². The lowest BCUT2D eigenvalue weighted by molar-refractivity contribution is -0.120. The molecular weight excluding hydrogens is 348 g/mol. The van der Waals surface area contributed by atoms with Gasteiger partial charge >= 0.3 is 0 Å². The molecule has 0 saturated heterocycles. The van der Waals surface area contributed by atoms with Crippen LogP contribution in [-0.4, -0.2) is 26.9 Å². The van der Waals surface area contributed by atoms with Crippen LogP contribution in [0.1, 0.15) is 31.2 Å². The molecule has 0 radical (unpaired) electrons. The van der Waals surface area contributed by atoms with Crippen molar-refractivity contribution < 1.29 is 13.2 Å². The molecule has 1 amide bonds. The zero-order valence-electron chi connectivity index (χ0n) is 14.9. The minimum Gasteiger partial charge on any atom is -0.352 e. The van der Waals surface area contributed by atoms with Crippen LogP contribution in [0.4, 0.5) is 5.69 Å². The molecule has 3 rings (SSSR count). The summed E-state index contributed by atoms with van der Waals surface area (Å²) < 4.78 is 27.5. The number of hydrogen-bond donors (Lipinski definition) is 1. The van der Waals surface area contributed by atoms with Crippen molar-refractivity contribution in [2.24, 2.45) is 0 Å². The summed E-state index contributed by atoms with van der Waals surface area (Å²) in [4.78, 5) is 12.7. The van der Waals surface area contributed by atoms with Crippen molar-refractivity contribution in [2.75, 3.05) is 10.8 Å². The van der Waals surface area contributed by atoms with E-state index in [1.54, 1.807) is 42.5 Å². The highest BCUT2D eigenvalue weighted by Crippen LogP contribution is 2.24. The fourth-order valence-corrected chi connectivity index (χ4v) is 4.66. The molecule has 0 spiro atoms. The van der Waals surface area contributed by atoms with Crippen LogP contribution in [0.3, 0.4) is 0 Å². The molecule has 0 aromatic heterocycles. The fourth-order valence-electron chi connectivity index (χ4n) is 3.22. The molecule has 0 bridgehead atoms. The number of carbonyl (C=O) groups is 1. The second-order valence-corrected chi connectivity index (χ2v) is 8.57. The predicted octanol–water partition coefficient (Wildman–Crippen LogP) is 3.25. The molecule has 2 aromatic rings. The Morgan fingerprint density at radius 2 is 1.65 bits per heavy atom. The third kappa shape index (κ3) is 4.25. The quantitative estimate of drug-likeness (QED) is 0.846. The number of anilines is 1. The summed E-state index contributed by atoms with van der Waals surface area (Å²) in [6.45, 7) is 1.71. The van der Waals surface area contributed by atoms with Crippen LogP contribution >= 0.6 is 0 Å². The van der Waals surface area contributed by atoms with Gasteiger partial charge in [-0.1, -0.05) is 48.7 Å². The topological polar surface area (TPSA) is 66.5 Å². The van der Waals surface area contributed by atoms with Gasteiger partial charge in [0.2, 0.25) is 5.91 Å². The van der Waals surface area contributed by atoms with Gasteiger partial charge in [0, 0.05) is 6.04 Å². The molecule has 26 heavy (non-hydrogen) atoms. The lowest BCUT2D eigenvalue weighted by Crippen LogP contribution is -2.43. The maximum absolute atomic E-state index is 13.1. The van der Waals surface area contributed by atoms with E-state index >= 15 is 0 Å². The highest BCUT2D eigenvalue weighted by molar-refractivity contribution is 7.92. The zero-order valence-corrected chi connectivity index (χ0v) is 15.7. The molecule has 6 heteroatoms. The minimum atomic E-state index is -3.82. The Bertz CT molecular complexity index is 842. The molecule has 1 N–H and O–H groups in total. The van der Waals surface area contributed by atoms with Crippen LogP contribution in [0.5, 0.6) is 0 Å². The van der Waals surface area contributed by atoms with Gasteiger partial charge in [-0.3, -0.25) is 9.10 Å². The minimum absolute atomic E-state index is 0.154. The molecular formula is C20H24N2O3S. The first kappa shape index (κ1) is 18.5. The molecule has 0 unspecified atom stereocenters. The molecule has 2 aromatic carbocycles. The normalized spacial score (nSPS) is 15.0. The van der Waals surface area contributed by atoms with Gasteiger partial charge in [0.05, 0.1) is 10.6 Å². The van der Waals surface area contributed by atoms with Crippen LogP contribution in [0, 0.1) is 6.92 Å². The SMILES string of the molecule is Cc1ccc(N(CC(=O)NC2CCCC2)S(=O)(=O)c2ccccc2)cc1. The first-order valence-corrected chi connectivity index (χ1v) is 10.3. The van der Waals surface area contributed by atoms with Crippen molar-refractivity contribution >= 4 is 21.6 Å². The first-order valence-electron chi connectivity index (χ1n) is 8.90. The van der Waals surface area contributed by atoms with Crippen LogP contribution in [-0.2, 0) is 14.8 Å². The molecule has 1 fully saturated rings. The van der Waals surface area contributed by atoms with E-state index in [9.17, 15) is 13.2 Å². The van der Waals surface area contributed by atoms with E-state index in [4.69, 9.17) is 0 Å². The van der Waals surface area contributed by atoms with E-state index in [-0.39, 0.29) is 23.4 Å². The Hall–Kier alpha value is -2.34. The summed E-state index contributed by atoms with van der Waals surface area (Å²) >= 11 is 0. The van der Waals surface area contributed by atoms with E-state index in [1.165, 1.54) is 4.31 Å². The molecule has 1 saturated carbocycles.